The number of aliphatic hydroxyl groups is 1. The van der Waals surface area contributed by atoms with Crippen molar-refractivity contribution in [2.45, 2.75) is 30.1 Å². The molecule has 1 N–H and O–H groups in total. The lowest BCUT2D eigenvalue weighted by molar-refractivity contribution is 0.111. The molecule has 0 saturated heterocycles. The average molecular weight is 228 g/mol. The minimum atomic E-state index is -0.521. The highest BCUT2D eigenvalue weighted by molar-refractivity contribution is 8.00. The zero-order chi connectivity index (χ0) is 11.4. The van der Waals surface area contributed by atoms with E-state index in [0.717, 1.165) is 0 Å². The van der Waals surface area contributed by atoms with Crippen molar-refractivity contribution in [3.8, 4) is 0 Å². The quantitative estimate of drug-likeness (QED) is 0.635. The predicted octanol–water partition coefficient (Wildman–Crippen LogP) is 2.50. The van der Waals surface area contributed by atoms with Gasteiger partial charge in [-0.25, -0.2) is 4.39 Å². The molecule has 2 nitrogen and oxygen atoms in total. The van der Waals surface area contributed by atoms with E-state index in [-0.39, 0.29) is 10.8 Å². The van der Waals surface area contributed by atoms with Crippen LogP contribution in [0.2, 0.25) is 0 Å². The third-order valence-corrected chi connectivity index (χ3v) is 3.50. The van der Waals surface area contributed by atoms with Gasteiger partial charge in [0.25, 0.3) is 0 Å². The third kappa shape index (κ3) is 3.04. The molecule has 0 aliphatic carbocycles. The van der Waals surface area contributed by atoms with Crippen molar-refractivity contribution < 1.29 is 14.3 Å². The molecule has 0 radical (unpaired) electrons. The minimum Gasteiger partial charge on any atom is -0.392 e. The van der Waals surface area contributed by atoms with E-state index in [0.29, 0.717) is 11.2 Å². The molecule has 1 rings (SSSR count). The minimum absolute atomic E-state index is 0.0648. The monoisotopic (exact) mass is 228 g/mol. The Hall–Kier alpha value is -0.870. The topological polar surface area (TPSA) is 37.3 Å². The standard InChI is InChI=1S/C11H13FO2S/c1-7(14)8(2)15-11-5-3-4-10(12)9(11)6-13/h3-8,14H,1-2H3. The van der Waals surface area contributed by atoms with Gasteiger partial charge in [-0.3, -0.25) is 4.79 Å². The lowest BCUT2D eigenvalue weighted by Crippen LogP contribution is -2.15. The summed E-state index contributed by atoms with van der Waals surface area (Å²) in [4.78, 5) is 11.3. The molecule has 2 unspecified atom stereocenters. The van der Waals surface area contributed by atoms with Crippen molar-refractivity contribution in [1.82, 2.24) is 0 Å². The lowest BCUT2D eigenvalue weighted by Gasteiger charge is -2.15. The van der Waals surface area contributed by atoms with Gasteiger partial charge in [-0.2, -0.15) is 0 Å². The van der Waals surface area contributed by atoms with Crippen LogP contribution in [0, 0.1) is 5.82 Å². The molecule has 0 aliphatic rings. The summed E-state index contributed by atoms with van der Waals surface area (Å²) in [6.07, 6.45) is 0.00431. The van der Waals surface area contributed by atoms with Crippen LogP contribution in [0.5, 0.6) is 0 Å². The number of aldehydes is 1. The fraction of sp³-hybridized carbons (Fsp3) is 0.364. The molecule has 0 fully saturated rings. The van der Waals surface area contributed by atoms with Crippen LogP contribution in [0.15, 0.2) is 23.1 Å². The second-order valence-corrected chi connectivity index (χ2v) is 4.75. The van der Waals surface area contributed by atoms with E-state index in [1.807, 2.05) is 6.92 Å². The Kier molecular flexibility index (Phi) is 4.29. The van der Waals surface area contributed by atoms with E-state index < -0.39 is 11.9 Å². The van der Waals surface area contributed by atoms with Gasteiger partial charge in [-0.1, -0.05) is 13.0 Å². The smallest absolute Gasteiger partial charge is 0.154 e. The van der Waals surface area contributed by atoms with Gasteiger partial charge in [0.2, 0.25) is 0 Å². The van der Waals surface area contributed by atoms with Crippen LogP contribution in [-0.4, -0.2) is 22.7 Å². The van der Waals surface area contributed by atoms with Crippen molar-refractivity contribution in [3.63, 3.8) is 0 Å². The van der Waals surface area contributed by atoms with Crippen molar-refractivity contribution in [1.29, 1.82) is 0 Å². The van der Waals surface area contributed by atoms with Crippen LogP contribution >= 0.6 is 11.8 Å². The van der Waals surface area contributed by atoms with E-state index >= 15 is 0 Å². The number of benzene rings is 1. The first kappa shape index (κ1) is 12.2. The third-order valence-electron chi connectivity index (χ3n) is 2.12. The molecule has 1 aromatic carbocycles. The van der Waals surface area contributed by atoms with E-state index in [1.54, 1.807) is 19.1 Å². The number of hydrogen-bond acceptors (Lipinski definition) is 3. The number of carbonyl (C=O) groups is 1. The Bertz CT molecular complexity index is 352. The first-order chi connectivity index (χ1) is 7.06. The summed E-state index contributed by atoms with van der Waals surface area (Å²) in [6, 6.07) is 4.48. The Morgan fingerprint density at radius 3 is 2.67 bits per heavy atom. The first-order valence-electron chi connectivity index (χ1n) is 4.64. The Balaban J connectivity index is 2.94. The Morgan fingerprint density at radius 2 is 2.13 bits per heavy atom. The first-order valence-corrected chi connectivity index (χ1v) is 5.52. The van der Waals surface area contributed by atoms with Gasteiger partial charge < -0.3 is 5.11 Å². The van der Waals surface area contributed by atoms with Gasteiger partial charge in [0, 0.05) is 10.1 Å². The van der Waals surface area contributed by atoms with Crippen molar-refractivity contribution >= 4 is 18.0 Å². The molecule has 0 heterocycles. The van der Waals surface area contributed by atoms with E-state index in [4.69, 9.17) is 0 Å². The van der Waals surface area contributed by atoms with Gasteiger partial charge in [0.1, 0.15) is 5.82 Å². The number of thioether (sulfide) groups is 1. The van der Waals surface area contributed by atoms with Crippen molar-refractivity contribution in [3.05, 3.63) is 29.6 Å². The number of carbonyl (C=O) groups excluding carboxylic acids is 1. The van der Waals surface area contributed by atoms with E-state index in [1.165, 1.54) is 17.8 Å². The molecule has 4 heteroatoms. The van der Waals surface area contributed by atoms with Crippen molar-refractivity contribution in [2.75, 3.05) is 0 Å². The van der Waals surface area contributed by atoms with Crippen molar-refractivity contribution in [2.24, 2.45) is 0 Å². The number of aliphatic hydroxyl groups excluding tert-OH is 1. The molecule has 82 valence electrons. The van der Waals surface area contributed by atoms with Gasteiger partial charge >= 0.3 is 0 Å². The zero-order valence-electron chi connectivity index (χ0n) is 8.61. The molecule has 15 heavy (non-hydrogen) atoms. The maximum atomic E-state index is 13.2. The molecule has 0 amide bonds. The normalized spacial score (nSPS) is 14.7. The van der Waals surface area contributed by atoms with E-state index in [2.05, 4.69) is 0 Å². The molecular weight excluding hydrogens is 215 g/mol. The summed E-state index contributed by atoms with van der Waals surface area (Å²) in [5.41, 5.74) is 0.0648. The van der Waals surface area contributed by atoms with Crippen LogP contribution in [0.3, 0.4) is 0 Å². The van der Waals surface area contributed by atoms with Gasteiger partial charge in [0.15, 0.2) is 6.29 Å². The largest absolute Gasteiger partial charge is 0.392 e. The SMILES string of the molecule is CC(O)C(C)Sc1cccc(F)c1C=O. The summed E-state index contributed by atoms with van der Waals surface area (Å²) in [5.74, 6) is -0.521. The second-order valence-electron chi connectivity index (χ2n) is 3.33. The molecule has 2 atom stereocenters. The summed E-state index contributed by atoms with van der Waals surface area (Å²) >= 11 is 1.30. The average Bonchev–Trinajstić information content (AvgIpc) is 2.18. The molecule has 0 spiro atoms. The zero-order valence-corrected chi connectivity index (χ0v) is 9.42. The molecule has 0 saturated carbocycles. The predicted molar refractivity (Wildman–Crippen MR) is 58.8 cm³/mol. The highest BCUT2D eigenvalue weighted by atomic mass is 32.2. The Morgan fingerprint density at radius 1 is 1.47 bits per heavy atom. The van der Waals surface area contributed by atoms with Gasteiger partial charge in [-0.05, 0) is 19.1 Å². The van der Waals surface area contributed by atoms with Gasteiger partial charge in [0.05, 0.1) is 11.7 Å². The van der Waals surface area contributed by atoms with Crippen LogP contribution in [0.25, 0.3) is 0 Å². The number of halogens is 1. The van der Waals surface area contributed by atoms with E-state index in [9.17, 15) is 14.3 Å². The molecule has 0 aliphatic heterocycles. The molecule has 1 aromatic rings. The summed E-state index contributed by atoms with van der Waals surface area (Å²) in [7, 11) is 0. The van der Waals surface area contributed by atoms with Crippen LogP contribution in [0.4, 0.5) is 4.39 Å². The fourth-order valence-corrected chi connectivity index (χ4v) is 2.06. The lowest BCUT2D eigenvalue weighted by atomic mass is 10.2. The highest BCUT2D eigenvalue weighted by Gasteiger charge is 2.14. The molecule has 0 bridgehead atoms. The van der Waals surface area contributed by atoms with Gasteiger partial charge in [-0.15, -0.1) is 11.8 Å². The van der Waals surface area contributed by atoms with Crippen LogP contribution in [-0.2, 0) is 0 Å². The summed E-state index contributed by atoms with van der Waals surface area (Å²) in [6.45, 7) is 3.49. The second kappa shape index (κ2) is 5.28. The fourth-order valence-electron chi connectivity index (χ4n) is 1.03. The van der Waals surface area contributed by atoms with Crippen LogP contribution < -0.4 is 0 Å². The summed E-state index contributed by atoms with van der Waals surface area (Å²) < 4.78 is 13.2. The summed E-state index contributed by atoms with van der Waals surface area (Å²) in [5, 5.41) is 9.23. The van der Waals surface area contributed by atoms with Crippen LogP contribution in [0.1, 0.15) is 24.2 Å². The maximum Gasteiger partial charge on any atom is 0.154 e. The maximum absolute atomic E-state index is 13.2. The highest BCUT2D eigenvalue weighted by Crippen LogP contribution is 2.28. The Labute approximate surface area is 92.5 Å². The molecule has 0 aromatic heterocycles. The number of hydrogen-bond donors (Lipinski definition) is 1. The molecular formula is C11H13FO2S. The number of rotatable bonds is 4.